The monoisotopic (exact) mass is 414 g/mol. The molecule has 0 bridgehead atoms. The first-order valence-electron chi connectivity index (χ1n) is 12.7. The predicted molar refractivity (Wildman–Crippen MR) is 119 cm³/mol. The van der Waals surface area contributed by atoms with Gasteiger partial charge in [-0.1, -0.05) is 40.7 Å². The Kier molecular flexibility index (Phi) is 4.88. The highest BCUT2D eigenvalue weighted by molar-refractivity contribution is 5.91. The molecule has 168 valence electrons. The van der Waals surface area contributed by atoms with Crippen molar-refractivity contribution in [3.63, 3.8) is 0 Å². The Hall–Kier alpha value is -0.670. The van der Waals surface area contributed by atoms with Crippen LogP contribution in [-0.2, 0) is 9.53 Å². The molecule has 5 rings (SSSR count). The second-order valence-corrected chi connectivity index (χ2v) is 12.5. The molecule has 0 amide bonds. The van der Waals surface area contributed by atoms with Crippen LogP contribution in [0.25, 0.3) is 0 Å². The maximum Gasteiger partial charge on any atom is 0.168 e. The van der Waals surface area contributed by atoms with Crippen molar-refractivity contribution in [2.45, 2.75) is 97.9 Å². The molecular formula is C27H42O3. The lowest BCUT2D eigenvalue weighted by Gasteiger charge is -2.59. The summed E-state index contributed by atoms with van der Waals surface area (Å²) in [6.07, 6.45) is 13.1. The third-order valence-corrected chi connectivity index (χ3v) is 10.8. The van der Waals surface area contributed by atoms with Crippen LogP contribution in [0.1, 0.15) is 86.0 Å². The van der Waals surface area contributed by atoms with Gasteiger partial charge in [-0.2, -0.15) is 0 Å². The minimum absolute atomic E-state index is 0.195. The zero-order chi connectivity index (χ0) is 21.5. The third kappa shape index (κ3) is 2.86. The molecule has 0 aromatic rings. The molecule has 0 aromatic carbocycles. The molecule has 4 aliphatic carbocycles. The fraction of sp³-hybridized carbons (Fsp3) is 0.889. The molecule has 10 atom stereocenters. The van der Waals surface area contributed by atoms with E-state index in [0.29, 0.717) is 35.4 Å². The van der Waals surface area contributed by atoms with Crippen molar-refractivity contribution in [3.05, 3.63) is 12.2 Å². The lowest BCUT2D eigenvalue weighted by molar-refractivity contribution is -0.221. The largest absolute Gasteiger partial charge is 0.365 e. The van der Waals surface area contributed by atoms with Gasteiger partial charge < -0.3 is 9.84 Å². The van der Waals surface area contributed by atoms with Crippen LogP contribution in [0, 0.1) is 52.3 Å². The van der Waals surface area contributed by atoms with Crippen LogP contribution in [0.15, 0.2) is 12.2 Å². The summed E-state index contributed by atoms with van der Waals surface area (Å²) >= 11 is 0. The first-order chi connectivity index (χ1) is 14.1. The Morgan fingerprint density at radius 3 is 2.70 bits per heavy atom. The number of allylic oxidation sites excluding steroid dienone is 2. The highest BCUT2D eigenvalue weighted by Gasteiger charge is 2.68. The normalized spacial score (nSPS) is 54.6. The summed E-state index contributed by atoms with van der Waals surface area (Å²) in [7, 11) is 0. The molecule has 3 nitrogen and oxygen atoms in total. The maximum atomic E-state index is 12.1. The molecule has 1 heterocycles. The van der Waals surface area contributed by atoms with Crippen molar-refractivity contribution in [3.8, 4) is 0 Å². The molecule has 3 saturated carbocycles. The van der Waals surface area contributed by atoms with Gasteiger partial charge in [0.05, 0.1) is 6.10 Å². The number of rotatable bonds is 3. The van der Waals surface area contributed by atoms with Gasteiger partial charge in [0, 0.05) is 18.8 Å². The van der Waals surface area contributed by atoms with E-state index in [0.717, 1.165) is 31.6 Å². The van der Waals surface area contributed by atoms with Crippen molar-refractivity contribution in [2.24, 2.45) is 52.3 Å². The quantitative estimate of drug-likeness (QED) is 0.638. The lowest BCUT2D eigenvalue weighted by Crippen LogP contribution is -2.53. The van der Waals surface area contributed by atoms with Crippen molar-refractivity contribution >= 4 is 5.78 Å². The summed E-state index contributed by atoms with van der Waals surface area (Å²) in [5.74, 6) is 3.37. The Labute approximate surface area is 183 Å². The number of fused-ring (bicyclic) bond motifs is 7. The average molecular weight is 415 g/mol. The molecule has 1 saturated heterocycles. The van der Waals surface area contributed by atoms with Gasteiger partial charge >= 0.3 is 0 Å². The molecule has 5 aliphatic rings. The number of hydrogen-bond acceptors (Lipinski definition) is 3. The number of ketones is 1. The molecule has 1 aliphatic heterocycles. The van der Waals surface area contributed by atoms with Gasteiger partial charge in [0.1, 0.15) is 0 Å². The Balaban J connectivity index is 1.40. The van der Waals surface area contributed by atoms with Crippen LogP contribution >= 0.6 is 0 Å². The predicted octanol–water partition coefficient (Wildman–Crippen LogP) is 5.76. The summed E-state index contributed by atoms with van der Waals surface area (Å²) in [4.78, 5) is 12.1. The van der Waals surface area contributed by atoms with Crippen LogP contribution in [0.3, 0.4) is 0 Å². The number of ether oxygens (including phenoxy) is 1. The highest BCUT2D eigenvalue weighted by atomic mass is 16.6. The molecule has 3 heteroatoms. The van der Waals surface area contributed by atoms with Crippen LogP contribution in [0.5, 0.6) is 0 Å². The molecule has 1 N–H and O–H groups in total. The Morgan fingerprint density at radius 2 is 1.97 bits per heavy atom. The number of carbonyl (C=O) groups excluding carboxylic acids is 1. The van der Waals surface area contributed by atoms with Gasteiger partial charge in [-0.3, -0.25) is 4.79 Å². The van der Waals surface area contributed by atoms with Crippen molar-refractivity contribution in [1.29, 1.82) is 0 Å². The minimum Gasteiger partial charge on any atom is -0.365 e. The van der Waals surface area contributed by atoms with Gasteiger partial charge in [-0.05, 0) is 90.9 Å². The summed E-state index contributed by atoms with van der Waals surface area (Å²) in [6.45, 7) is 11.7. The molecule has 0 radical (unpaired) electrons. The van der Waals surface area contributed by atoms with E-state index in [4.69, 9.17) is 4.74 Å². The third-order valence-electron chi connectivity index (χ3n) is 10.8. The van der Waals surface area contributed by atoms with E-state index in [1.807, 2.05) is 6.08 Å². The number of aliphatic hydroxyl groups is 1. The van der Waals surface area contributed by atoms with Crippen LogP contribution in [-0.4, -0.2) is 22.8 Å². The van der Waals surface area contributed by atoms with E-state index >= 15 is 0 Å². The molecule has 0 aromatic heterocycles. The van der Waals surface area contributed by atoms with E-state index in [2.05, 4.69) is 40.7 Å². The maximum absolute atomic E-state index is 12.1. The molecule has 6 unspecified atom stereocenters. The topological polar surface area (TPSA) is 46.5 Å². The van der Waals surface area contributed by atoms with Crippen LogP contribution < -0.4 is 0 Å². The van der Waals surface area contributed by atoms with Gasteiger partial charge in [-0.15, -0.1) is 0 Å². The second kappa shape index (κ2) is 6.91. The second-order valence-electron chi connectivity index (χ2n) is 12.5. The van der Waals surface area contributed by atoms with Gasteiger partial charge in [-0.25, -0.2) is 0 Å². The molecule has 4 fully saturated rings. The molecule has 30 heavy (non-hydrogen) atoms. The van der Waals surface area contributed by atoms with Gasteiger partial charge in [0.25, 0.3) is 0 Å². The molecule has 0 spiro atoms. The first-order valence-corrected chi connectivity index (χ1v) is 12.7. The van der Waals surface area contributed by atoms with E-state index < -0.39 is 5.79 Å². The standard InChI is InChI=1S/C27H42O3/c1-16(2)8-13-27(29)17(3)24-23(30-27)15-22-20-7-6-18-14-19(28)9-11-25(18,4)21(20)10-12-26(22,24)5/h9,11,16-18,20-24,29H,6-8,10,12-15H2,1-5H3/t17?,18?,20?,21?,22?,23-,24-,25+,26+,27?/m1/s1. The van der Waals surface area contributed by atoms with Gasteiger partial charge in [0.2, 0.25) is 0 Å². The van der Waals surface area contributed by atoms with E-state index in [1.54, 1.807) is 0 Å². The van der Waals surface area contributed by atoms with Crippen molar-refractivity contribution < 1.29 is 14.6 Å². The minimum atomic E-state index is -0.930. The van der Waals surface area contributed by atoms with E-state index in [9.17, 15) is 9.90 Å². The smallest absolute Gasteiger partial charge is 0.168 e. The van der Waals surface area contributed by atoms with E-state index in [1.165, 1.54) is 25.7 Å². The number of hydrogen-bond donors (Lipinski definition) is 1. The number of carbonyl (C=O) groups is 1. The first kappa shape index (κ1) is 21.2. The zero-order valence-electron chi connectivity index (χ0n) is 19.7. The summed E-state index contributed by atoms with van der Waals surface area (Å²) < 4.78 is 6.52. The summed E-state index contributed by atoms with van der Waals surface area (Å²) in [5.41, 5.74) is 0.477. The van der Waals surface area contributed by atoms with Crippen LogP contribution in [0.4, 0.5) is 0 Å². The Morgan fingerprint density at radius 1 is 1.20 bits per heavy atom. The molecular weight excluding hydrogens is 372 g/mol. The van der Waals surface area contributed by atoms with Gasteiger partial charge in [0.15, 0.2) is 11.6 Å². The van der Waals surface area contributed by atoms with Crippen LogP contribution in [0.2, 0.25) is 0 Å². The Bertz CT molecular complexity index is 742. The van der Waals surface area contributed by atoms with E-state index in [-0.39, 0.29) is 22.9 Å². The van der Waals surface area contributed by atoms with Crippen molar-refractivity contribution in [1.82, 2.24) is 0 Å². The fourth-order valence-corrected chi connectivity index (χ4v) is 9.11. The highest BCUT2D eigenvalue weighted by Crippen LogP contribution is 2.70. The average Bonchev–Trinajstić information content (AvgIpc) is 3.11. The fourth-order valence-electron chi connectivity index (χ4n) is 9.11. The SMILES string of the molecule is CC(C)CCC1(O)O[C@@H]2CC3C4CCC5CC(=O)C=C[C@]5(C)C4CC[C@]3(C)[C@@H]2C1C. The summed E-state index contributed by atoms with van der Waals surface area (Å²) in [6, 6.07) is 0. The lowest BCUT2D eigenvalue weighted by atomic mass is 9.45. The zero-order valence-corrected chi connectivity index (χ0v) is 19.7. The van der Waals surface area contributed by atoms with Crippen molar-refractivity contribution in [2.75, 3.05) is 0 Å². The summed E-state index contributed by atoms with van der Waals surface area (Å²) in [5, 5.41) is 11.4.